The lowest BCUT2D eigenvalue weighted by Crippen LogP contribution is -2.27. The number of aliphatic carboxylic acids is 1. The first-order valence-electron chi connectivity index (χ1n) is 9.33. The first-order valence-corrected chi connectivity index (χ1v) is 9.33. The lowest BCUT2D eigenvalue weighted by Gasteiger charge is -2.21. The first-order chi connectivity index (χ1) is 13.9. The van der Waals surface area contributed by atoms with Gasteiger partial charge in [0.2, 0.25) is 6.29 Å². The van der Waals surface area contributed by atoms with Gasteiger partial charge in [0.25, 0.3) is 5.09 Å². The zero-order valence-electron chi connectivity index (χ0n) is 15.7. The molecule has 5 atom stereocenters. The van der Waals surface area contributed by atoms with E-state index in [1.165, 1.54) is 0 Å². The third kappa shape index (κ3) is 3.96. The fourth-order valence-corrected chi connectivity index (χ4v) is 4.20. The topological polar surface area (TPSA) is 117 Å². The van der Waals surface area contributed by atoms with Crippen LogP contribution in [0.3, 0.4) is 0 Å². The van der Waals surface area contributed by atoms with Crippen molar-refractivity contribution in [2.45, 2.75) is 37.3 Å². The van der Waals surface area contributed by atoms with Gasteiger partial charge < -0.3 is 19.3 Å². The number of benzene rings is 2. The standard InChI is InChI=1S/C20H21NO8/c1-26-15-5-4-11-6-13(3-2-12(11)7-15)16(20(22)23)8-14-10-27-17-9-18(28-19(14)17)29-21(24)25/h2-7,14,16-19H,8-10H2,1H3,(H,22,23)/t14?,16-,17?,18?,19?/m1/s1. The molecule has 2 aliphatic heterocycles. The van der Waals surface area contributed by atoms with Crippen LogP contribution in [0.2, 0.25) is 0 Å². The quantitative estimate of drug-likeness (QED) is 0.554. The van der Waals surface area contributed by atoms with Gasteiger partial charge in [0, 0.05) is 12.3 Å². The Morgan fingerprint density at radius 3 is 2.79 bits per heavy atom. The smallest absolute Gasteiger partial charge is 0.310 e. The van der Waals surface area contributed by atoms with Gasteiger partial charge in [-0.1, -0.05) is 24.3 Å². The highest BCUT2D eigenvalue weighted by Crippen LogP contribution is 2.40. The van der Waals surface area contributed by atoms with Gasteiger partial charge in [-0.25, -0.2) is 0 Å². The Balaban J connectivity index is 1.52. The predicted molar refractivity (Wildman–Crippen MR) is 100 cm³/mol. The van der Waals surface area contributed by atoms with Crippen molar-refractivity contribution in [3.8, 4) is 5.75 Å². The highest BCUT2D eigenvalue weighted by Gasteiger charge is 2.48. The van der Waals surface area contributed by atoms with Crippen molar-refractivity contribution in [2.75, 3.05) is 13.7 Å². The molecule has 2 fully saturated rings. The van der Waals surface area contributed by atoms with E-state index in [-0.39, 0.29) is 18.4 Å². The van der Waals surface area contributed by atoms with Crippen molar-refractivity contribution < 1.29 is 34.0 Å². The average Bonchev–Trinajstić information content (AvgIpc) is 3.25. The minimum absolute atomic E-state index is 0.187. The Hall–Kier alpha value is -2.91. The van der Waals surface area contributed by atoms with Crippen LogP contribution in [0.4, 0.5) is 0 Å². The van der Waals surface area contributed by atoms with Crippen molar-refractivity contribution in [1.29, 1.82) is 0 Å². The molecule has 2 aromatic rings. The van der Waals surface area contributed by atoms with E-state index >= 15 is 0 Å². The Kier molecular flexibility index (Phi) is 5.25. The number of ether oxygens (including phenoxy) is 3. The second-order valence-corrected chi connectivity index (χ2v) is 7.33. The molecule has 0 aliphatic carbocycles. The number of carboxylic acids is 1. The second kappa shape index (κ2) is 7.84. The Morgan fingerprint density at radius 1 is 1.31 bits per heavy atom. The van der Waals surface area contributed by atoms with E-state index in [0.717, 1.165) is 16.5 Å². The molecule has 9 nitrogen and oxygen atoms in total. The summed E-state index contributed by atoms with van der Waals surface area (Å²) in [5.74, 6) is -1.13. The third-order valence-corrected chi connectivity index (χ3v) is 5.60. The highest BCUT2D eigenvalue weighted by atomic mass is 17.0. The van der Waals surface area contributed by atoms with Crippen LogP contribution in [0.5, 0.6) is 5.75 Å². The zero-order chi connectivity index (χ0) is 20.5. The van der Waals surface area contributed by atoms with Crippen LogP contribution in [0.15, 0.2) is 36.4 Å². The number of carboxylic acid groups (broad SMARTS) is 1. The van der Waals surface area contributed by atoms with Crippen molar-refractivity contribution in [2.24, 2.45) is 5.92 Å². The summed E-state index contributed by atoms with van der Waals surface area (Å²) in [4.78, 5) is 27.0. The molecule has 29 heavy (non-hydrogen) atoms. The number of rotatable bonds is 7. The third-order valence-electron chi connectivity index (χ3n) is 5.60. The summed E-state index contributed by atoms with van der Waals surface area (Å²) in [5.41, 5.74) is 0.690. The van der Waals surface area contributed by atoms with E-state index in [2.05, 4.69) is 4.84 Å². The van der Waals surface area contributed by atoms with Crippen molar-refractivity contribution in [1.82, 2.24) is 0 Å². The van der Waals surface area contributed by atoms with Gasteiger partial charge >= 0.3 is 5.97 Å². The minimum Gasteiger partial charge on any atom is -0.497 e. The SMILES string of the molecule is COc1ccc2cc([C@@H](CC3COC4CC(O[N+](=O)[O-])OC34)C(=O)O)ccc2c1. The molecule has 4 rings (SSSR count). The van der Waals surface area contributed by atoms with Gasteiger partial charge in [-0.05, 0) is 34.9 Å². The summed E-state index contributed by atoms with van der Waals surface area (Å²) < 4.78 is 16.5. The van der Waals surface area contributed by atoms with Crippen LogP contribution in [0, 0.1) is 16.0 Å². The van der Waals surface area contributed by atoms with E-state index < -0.39 is 29.4 Å². The van der Waals surface area contributed by atoms with Crippen LogP contribution in [0.25, 0.3) is 10.8 Å². The zero-order valence-corrected chi connectivity index (χ0v) is 15.7. The molecule has 0 bridgehead atoms. The lowest BCUT2D eigenvalue weighted by atomic mass is 9.85. The molecular weight excluding hydrogens is 382 g/mol. The van der Waals surface area contributed by atoms with E-state index in [0.29, 0.717) is 18.6 Å². The number of nitrogens with zero attached hydrogens (tertiary/aromatic N) is 1. The van der Waals surface area contributed by atoms with Gasteiger partial charge in [0.1, 0.15) is 5.75 Å². The molecule has 2 aliphatic rings. The van der Waals surface area contributed by atoms with E-state index in [1.807, 2.05) is 36.4 Å². The summed E-state index contributed by atoms with van der Waals surface area (Å²) in [6, 6.07) is 11.2. The van der Waals surface area contributed by atoms with Crippen molar-refractivity contribution in [3.05, 3.63) is 52.1 Å². The average molecular weight is 403 g/mol. The molecule has 0 spiro atoms. The molecule has 4 unspecified atom stereocenters. The van der Waals surface area contributed by atoms with Gasteiger partial charge in [-0.2, -0.15) is 0 Å². The monoisotopic (exact) mass is 403 g/mol. The number of hydrogen-bond donors (Lipinski definition) is 1. The molecule has 9 heteroatoms. The number of hydrogen-bond acceptors (Lipinski definition) is 7. The first kappa shape index (κ1) is 19.4. The second-order valence-electron chi connectivity index (χ2n) is 7.33. The van der Waals surface area contributed by atoms with E-state index in [9.17, 15) is 20.0 Å². The summed E-state index contributed by atoms with van der Waals surface area (Å²) in [7, 11) is 1.60. The van der Waals surface area contributed by atoms with Crippen LogP contribution in [-0.2, 0) is 19.1 Å². The Morgan fingerprint density at radius 2 is 2.07 bits per heavy atom. The molecule has 2 aromatic carbocycles. The van der Waals surface area contributed by atoms with Crippen LogP contribution >= 0.6 is 0 Å². The van der Waals surface area contributed by atoms with E-state index in [4.69, 9.17) is 14.2 Å². The molecule has 1 N–H and O–H groups in total. The minimum atomic E-state index is -0.971. The molecule has 2 heterocycles. The Bertz CT molecular complexity index is 932. The van der Waals surface area contributed by atoms with Crippen LogP contribution in [-0.4, -0.2) is 48.4 Å². The fraction of sp³-hybridized carbons (Fsp3) is 0.450. The number of fused-ring (bicyclic) bond motifs is 2. The van der Waals surface area contributed by atoms with Crippen molar-refractivity contribution >= 4 is 16.7 Å². The maximum Gasteiger partial charge on any atom is 0.310 e. The van der Waals surface area contributed by atoms with Gasteiger partial charge in [-0.15, -0.1) is 10.1 Å². The number of methoxy groups -OCH3 is 1. The van der Waals surface area contributed by atoms with Gasteiger partial charge in [0.15, 0.2) is 0 Å². The maximum atomic E-state index is 12.0. The molecule has 0 aromatic heterocycles. The molecule has 0 amide bonds. The van der Waals surface area contributed by atoms with Gasteiger partial charge in [-0.3, -0.25) is 9.63 Å². The molecule has 0 radical (unpaired) electrons. The summed E-state index contributed by atoms with van der Waals surface area (Å²) >= 11 is 0. The molecule has 0 saturated carbocycles. The summed E-state index contributed by atoms with van der Waals surface area (Å²) in [6.45, 7) is 0.356. The number of carbonyl (C=O) groups is 1. The van der Waals surface area contributed by atoms with Gasteiger partial charge in [0.05, 0.1) is 31.8 Å². The maximum absolute atomic E-state index is 12.0. The fourth-order valence-electron chi connectivity index (χ4n) is 4.20. The highest BCUT2D eigenvalue weighted by molar-refractivity contribution is 5.86. The largest absolute Gasteiger partial charge is 0.497 e. The van der Waals surface area contributed by atoms with Crippen LogP contribution in [0.1, 0.15) is 24.3 Å². The molecule has 2 saturated heterocycles. The molecule has 154 valence electrons. The summed E-state index contributed by atoms with van der Waals surface area (Å²) in [5, 5.41) is 21.4. The normalized spacial score (nSPS) is 26.8. The van der Waals surface area contributed by atoms with Crippen molar-refractivity contribution in [3.63, 3.8) is 0 Å². The van der Waals surface area contributed by atoms with E-state index in [1.54, 1.807) is 7.11 Å². The molecular formula is C20H21NO8. The predicted octanol–water partition coefficient (Wildman–Crippen LogP) is 2.75. The van der Waals surface area contributed by atoms with Crippen LogP contribution < -0.4 is 4.74 Å². The summed E-state index contributed by atoms with van der Waals surface area (Å²) in [6.07, 6.45) is -1.13. The Labute approximate surface area is 166 Å². The lowest BCUT2D eigenvalue weighted by molar-refractivity contribution is -0.779.